The Balaban J connectivity index is 2.11. The third-order valence-corrected chi connectivity index (χ3v) is 3.83. The standard InChI is InChI=1S/C14H10BrNO3/c15-7-4-5-11-10(6-7)13(17)8-2-1-3-9(14(18)19)12(8)16-11/h2-6,12,16H,1H2,(H,18,19). The molecule has 1 aliphatic heterocycles. The van der Waals surface area contributed by atoms with Gasteiger partial charge in [0.2, 0.25) is 0 Å². The number of nitrogens with one attached hydrogen (secondary N) is 1. The molecule has 0 aromatic heterocycles. The van der Waals surface area contributed by atoms with Gasteiger partial charge in [0.05, 0.1) is 11.6 Å². The van der Waals surface area contributed by atoms with E-state index < -0.39 is 12.0 Å². The molecule has 4 nitrogen and oxygen atoms in total. The monoisotopic (exact) mass is 319 g/mol. The van der Waals surface area contributed by atoms with Crippen LogP contribution in [0.1, 0.15) is 16.8 Å². The van der Waals surface area contributed by atoms with Crippen molar-refractivity contribution >= 4 is 33.4 Å². The lowest BCUT2D eigenvalue weighted by Gasteiger charge is -2.31. The number of hydrogen-bond acceptors (Lipinski definition) is 3. The zero-order chi connectivity index (χ0) is 13.6. The number of aliphatic carboxylic acids is 1. The average molecular weight is 320 g/mol. The molecule has 1 heterocycles. The highest BCUT2D eigenvalue weighted by atomic mass is 79.9. The number of carboxylic acid groups (broad SMARTS) is 1. The Bertz CT molecular complexity index is 661. The number of carbonyl (C=O) groups is 2. The zero-order valence-electron chi connectivity index (χ0n) is 9.81. The summed E-state index contributed by atoms with van der Waals surface area (Å²) < 4.78 is 0.824. The van der Waals surface area contributed by atoms with E-state index in [1.165, 1.54) is 0 Å². The Labute approximate surface area is 117 Å². The van der Waals surface area contributed by atoms with E-state index in [0.29, 0.717) is 23.2 Å². The molecule has 0 saturated carbocycles. The summed E-state index contributed by atoms with van der Waals surface area (Å²) in [6.07, 6.45) is 3.90. The molecule has 1 aliphatic carbocycles. The van der Waals surface area contributed by atoms with Gasteiger partial charge in [-0.05, 0) is 24.6 Å². The number of rotatable bonds is 1. The quantitative estimate of drug-likeness (QED) is 0.835. The summed E-state index contributed by atoms with van der Waals surface area (Å²) in [4.78, 5) is 23.6. The maximum atomic E-state index is 12.4. The number of carbonyl (C=O) groups excluding carboxylic acids is 1. The maximum Gasteiger partial charge on any atom is 0.333 e. The van der Waals surface area contributed by atoms with Crippen LogP contribution in [0.2, 0.25) is 0 Å². The van der Waals surface area contributed by atoms with Crippen molar-refractivity contribution in [1.82, 2.24) is 0 Å². The highest BCUT2D eigenvalue weighted by Gasteiger charge is 2.35. The van der Waals surface area contributed by atoms with Crippen molar-refractivity contribution < 1.29 is 14.7 Å². The van der Waals surface area contributed by atoms with Gasteiger partial charge in [-0.25, -0.2) is 4.79 Å². The Kier molecular flexibility index (Phi) is 2.78. The molecule has 1 aromatic rings. The number of hydrogen-bond donors (Lipinski definition) is 2. The summed E-state index contributed by atoms with van der Waals surface area (Å²) in [5.41, 5.74) is 2.00. The maximum absolute atomic E-state index is 12.4. The number of carboxylic acids is 1. The van der Waals surface area contributed by atoms with E-state index >= 15 is 0 Å². The van der Waals surface area contributed by atoms with E-state index in [1.807, 2.05) is 6.07 Å². The minimum atomic E-state index is -0.989. The van der Waals surface area contributed by atoms with Crippen molar-refractivity contribution in [1.29, 1.82) is 0 Å². The van der Waals surface area contributed by atoms with Gasteiger partial charge in [0.1, 0.15) is 0 Å². The predicted octanol–water partition coefficient (Wildman–Crippen LogP) is 2.77. The predicted molar refractivity (Wildman–Crippen MR) is 74.3 cm³/mol. The molecular weight excluding hydrogens is 310 g/mol. The molecule has 1 unspecified atom stereocenters. The third kappa shape index (κ3) is 1.90. The van der Waals surface area contributed by atoms with Crippen LogP contribution >= 0.6 is 15.9 Å². The topological polar surface area (TPSA) is 66.4 Å². The van der Waals surface area contributed by atoms with Gasteiger partial charge >= 0.3 is 5.97 Å². The molecule has 2 N–H and O–H groups in total. The number of fused-ring (bicyclic) bond motifs is 2. The van der Waals surface area contributed by atoms with Gasteiger partial charge in [-0.3, -0.25) is 4.79 Å². The summed E-state index contributed by atoms with van der Waals surface area (Å²) >= 11 is 3.34. The van der Waals surface area contributed by atoms with Gasteiger partial charge in [0, 0.05) is 21.3 Å². The van der Waals surface area contributed by atoms with Gasteiger partial charge in [-0.15, -0.1) is 0 Å². The van der Waals surface area contributed by atoms with Crippen LogP contribution in [0.25, 0.3) is 0 Å². The Morgan fingerprint density at radius 1 is 1.37 bits per heavy atom. The fraction of sp³-hybridized carbons (Fsp3) is 0.143. The fourth-order valence-corrected chi connectivity index (χ4v) is 2.81. The minimum Gasteiger partial charge on any atom is -0.478 e. The second kappa shape index (κ2) is 4.35. The first-order chi connectivity index (χ1) is 9.08. The smallest absolute Gasteiger partial charge is 0.333 e. The summed E-state index contributed by atoms with van der Waals surface area (Å²) in [6.45, 7) is 0. The van der Waals surface area contributed by atoms with Crippen molar-refractivity contribution in [2.75, 3.05) is 5.32 Å². The highest BCUT2D eigenvalue weighted by Crippen LogP contribution is 2.35. The second-order valence-electron chi connectivity index (χ2n) is 4.46. The van der Waals surface area contributed by atoms with Gasteiger partial charge in [0.15, 0.2) is 5.78 Å². The van der Waals surface area contributed by atoms with E-state index in [-0.39, 0.29) is 11.4 Å². The summed E-state index contributed by atoms with van der Waals surface area (Å²) in [7, 11) is 0. The van der Waals surface area contributed by atoms with Gasteiger partial charge in [-0.1, -0.05) is 28.1 Å². The lowest BCUT2D eigenvalue weighted by molar-refractivity contribution is -0.132. The van der Waals surface area contributed by atoms with E-state index in [1.54, 1.807) is 24.3 Å². The number of ketones is 1. The van der Waals surface area contributed by atoms with Crippen LogP contribution < -0.4 is 5.32 Å². The van der Waals surface area contributed by atoms with E-state index in [2.05, 4.69) is 21.2 Å². The zero-order valence-corrected chi connectivity index (χ0v) is 11.4. The lowest BCUT2D eigenvalue weighted by atomic mass is 9.83. The fourth-order valence-electron chi connectivity index (χ4n) is 2.45. The normalized spacial score (nSPS) is 20.7. The van der Waals surface area contributed by atoms with E-state index in [4.69, 9.17) is 0 Å². The summed E-state index contributed by atoms with van der Waals surface area (Å²) in [5.74, 6) is -1.09. The number of allylic oxidation sites excluding steroid dienone is 2. The van der Waals surface area contributed by atoms with Crippen LogP contribution in [0.4, 0.5) is 5.69 Å². The van der Waals surface area contributed by atoms with E-state index in [9.17, 15) is 14.7 Å². The van der Waals surface area contributed by atoms with Crippen LogP contribution in [0.5, 0.6) is 0 Å². The third-order valence-electron chi connectivity index (χ3n) is 3.33. The minimum absolute atomic E-state index is 0.105. The van der Waals surface area contributed by atoms with Gasteiger partial charge in [0.25, 0.3) is 0 Å². The second-order valence-corrected chi connectivity index (χ2v) is 5.37. The molecular formula is C14H10BrNO3. The molecule has 5 heteroatoms. The Morgan fingerprint density at radius 3 is 2.89 bits per heavy atom. The Hall–Kier alpha value is -1.88. The molecule has 1 atom stereocenters. The largest absolute Gasteiger partial charge is 0.478 e. The van der Waals surface area contributed by atoms with Crippen LogP contribution in [0.15, 0.2) is 46.0 Å². The molecule has 0 radical (unpaired) electrons. The molecule has 96 valence electrons. The van der Waals surface area contributed by atoms with Crippen molar-refractivity contribution in [2.24, 2.45) is 0 Å². The number of anilines is 1. The van der Waals surface area contributed by atoms with Crippen molar-refractivity contribution in [3.63, 3.8) is 0 Å². The Morgan fingerprint density at radius 2 is 2.16 bits per heavy atom. The molecule has 0 saturated heterocycles. The first-order valence-electron chi connectivity index (χ1n) is 5.82. The van der Waals surface area contributed by atoms with Gasteiger partial charge in [-0.2, -0.15) is 0 Å². The molecule has 0 bridgehead atoms. The molecule has 0 spiro atoms. The van der Waals surface area contributed by atoms with Crippen molar-refractivity contribution in [3.05, 3.63) is 51.5 Å². The number of halogens is 1. The molecule has 1 aromatic carbocycles. The molecule has 0 amide bonds. The van der Waals surface area contributed by atoms with Crippen LogP contribution in [0.3, 0.4) is 0 Å². The SMILES string of the molecule is O=C(O)C1=CCC=C2C(=O)c3cc(Br)ccc3NC12. The summed E-state index contributed by atoms with van der Waals surface area (Å²) in [5, 5.41) is 12.3. The average Bonchev–Trinajstić information content (AvgIpc) is 2.39. The van der Waals surface area contributed by atoms with Crippen LogP contribution in [-0.4, -0.2) is 22.9 Å². The number of Topliss-reactive ketones (excluding diaryl/α,β-unsaturated/α-hetero) is 1. The van der Waals surface area contributed by atoms with Crippen LogP contribution in [0, 0.1) is 0 Å². The number of benzene rings is 1. The lowest BCUT2D eigenvalue weighted by Crippen LogP contribution is -2.37. The molecule has 0 fully saturated rings. The summed E-state index contributed by atoms with van der Waals surface area (Å²) in [6, 6.07) is 4.80. The van der Waals surface area contributed by atoms with Crippen molar-refractivity contribution in [2.45, 2.75) is 12.5 Å². The molecule has 19 heavy (non-hydrogen) atoms. The van der Waals surface area contributed by atoms with Crippen LogP contribution in [-0.2, 0) is 4.79 Å². The molecule has 2 aliphatic rings. The first-order valence-corrected chi connectivity index (χ1v) is 6.61. The first kappa shape index (κ1) is 12.2. The van der Waals surface area contributed by atoms with Crippen molar-refractivity contribution in [3.8, 4) is 0 Å². The van der Waals surface area contributed by atoms with Gasteiger partial charge < -0.3 is 10.4 Å². The molecule has 3 rings (SSSR count). The van der Waals surface area contributed by atoms with E-state index in [0.717, 1.165) is 4.47 Å². The highest BCUT2D eigenvalue weighted by molar-refractivity contribution is 9.10.